The van der Waals surface area contributed by atoms with Crippen LogP contribution in [0.3, 0.4) is 0 Å². The molecule has 0 heterocycles. The van der Waals surface area contributed by atoms with E-state index in [0.29, 0.717) is 10.5 Å². The molecule has 0 radical (unpaired) electrons. The fourth-order valence-corrected chi connectivity index (χ4v) is 3.06. The Morgan fingerprint density at radius 2 is 1.56 bits per heavy atom. The van der Waals surface area contributed by atoms with Crippen LogP contribution in [-0.2, 0) is 14.6 Å². The molecule has 0 saturated heterocycles. The molecule has 0 saturated carbocycles. The minimum Gasteiger partial charge on any atom is -0.368 e. The topological polar surface area (TPSA) is 43.4 Å². The smallest absolute Gasteiger partial charge is 0.202 e. The average Bonchev–Trinajstić information content (AvgIpc) is 2.40. The highest BCUT2D eigenvalue weighted by Crippen LogP contribution is 2.27. The summed E-state index contributed by atoms with van der Waals surface area (Å²) in [6, 6.07) is 16.4. The summed E-state index contributed by atoms with van der Waals surface area (Å²) in [4.78, 5) is 0.304. The van der Waals surface area contributed by atoms with Gasteiger partial charge in [-0.3, -0.25) is 0 Å². The molecule has 0 amide bonds. The van der Waals surface area contributed by atoms with E-state index in [4.69, 9.17) is 4.74 Å². The quantitative estimate of drug-likeness (QED) is 0.851. The predicted octanol–water partition coefficient (Wildman–Crippen LogP) is 2.73. The highest BCUT2D eigenvalue weighted by atomic mass is 32.2. The molecule has 0 aliphatic heterocycles. The summed E-state index contributed by atoms with van der Waals surface area (Å²) < 4.78 is 29.0. The lowest BCUT2D eigenvalue weighted by Gasteiger charge is -2.09. The zero-order valence-corrected chi connectivity index (χ0v) is 10.9. The third-order valence-electron chi connectivity index (χ3n) is 2.58. The van der Waals surface area contributed by atoms with Crippen LogP contribution in [0.4, 0.5) is 0 Å². The van der Waals surface area contributed by atoms with Gasteiger partial charge < -0.3 is 4.74 Å². The molecule has 2 aromatic carbocycles. The van der Waals surface area contributed by atoms with Crippen molar-refractivity contribution in [3.8, 4) is 11.1 Å². The molecular formula is C14H14O3S. The lowest BCUT2D eigenvalue weighted by Crippen LogP contribution is -2.09. The zero-order valence-electron chi connectivity index (χ0n) is 10.0. The zero-order chi connectivity index (χ0) is 13.0. The fraction of sp³-hybridized carbons (Fsp3) is 0.143. The lowest BCUT2D eigenvalue weighted by atomic mass is 10.1. The number of benzene rings is 2. The summed E-state index contributed by atoms with van der Waals surface area (Å²) in [5.74, 6) is -0.309. The predicted molar refractivity (Wildman–Crippen MR) is 70.9 cm³/mol. The van der Waals surface area contributed by atoms with Gasteiger partial charge in [0, 0.05) is 12.7 Å². The molecule has 0 spiro atoms. The Morgan fingerprint density at radius 3 is 2.22 bits per heavy atom. The minimum absolute atomic E-state index is 0.304. The fourth-order valence-electron chi connectivity index (χ4n) is 1.81. The summed E-state index contributed by atoms with van der Waals surface area (Å²) in [6.45, 7) is 0. The van der Waals surface area contributed by atoms with Gasteiger partial charge in [-0.1, -0.05) is 48.5 Å². The molecule has 0 aliphatic carbocycles. The van der Waals surface area contributed by atoms with Gasteiger partial charge in [-0.2, -0.15) is 0 Å². The van der Waals surface area contributed by atoms with E-state index in [-0.39, 0.29) is 5.94 Å². The molecule has 0 fully saturated rings. The van der Waals surface area contributed by atoms with Crippen molar-refractivity contribution in [2.24, 2.45) is 0 Å². The van der Waals surface area contributed by atoms with Crippen LogP contribution in [0.1, 0.15) is 0 Å². The van der Waals surface area contributed by atoms with Gasteiger partial charge >= 0.3 is 0 Å². The molecule has 0 atom stereocenters. The van der Waals surface area contributed by atoms with Crippen molar-refractivity contribution in [1.29, 1.82) is 0 Å². The second-order valence-corrected chi connectivity index (χ2v) is 5.79. The van der Waals surface area contributed by atoms with Crippen LogP contribution < -0.4 is 0 Å². The maximum atomic E-state index is 12.1. The molecule has 2 rings (SSSR count). The van der Waals surface area contributed by atoms with Crippen molar-refractivity contribution in [3.63, 3.8) is 0 Å². The van der Waals surface area contributed by atoms with Gasteiger partial charge in [0.2, 0.25) is 9.84 Å². The second-order valence-electron chi connectivity index (χ2n) is 3.88. The summed E-state index contributed by atoms with van der Waals surface area (Å²) in [6.07, 6.45) is 0. The Labute approximate surface area is 107 Å². The van der Waals surface area contributed by atoms with Gasteiger partial charge in [0.25, 0.3) is 0 Å². The first kappa shape index (κ1) is 12.8. The molecule has 4 heteroatoms. The van der Waals surface area contributed by atoms with Gasteiger partial charge in [0.05, 0.1) is 4.90 Å². The van der Waals surface area contributed by atoms with E-state index >= 15 is 0 Å². The standard InChI is InChI=1S/C14H14O3S/c1-17-11-18(15,16)14-10-6-5-9-13(14)12-7-3-2-4-8-12/h2-10H,11H2,1H3. The van der Waals surface area contributed by atoms with Crippen LogP contribution in [0.25, 0.3) is 11.1 Å². The first-order valence-electron chi connectivity index (χ1n) is 5.51. The van der Waals surface area contributed by atoms with Crippen LogP contribution in [0.2, 0.25) is 0 Å². The number of ether oxygens (including phenoxy) is 1. The number of hydrogen-bond acceptors (Lipinski definition) is 3. The van der Waals surface area contributed by atoms with Crippen molar-refractivity contribution in [3.05, 3.63) is 54.6 Å². The Balaban J connectivity index is 2.58. The largest absolute Gasteiger partial charge is 0.368 e. The van der Waals surface area contributed by atoms with Crippen molar-refractivity contribution in [2.45, 2.75) is 4.90 Å². The number of sulfone groups is 1. The molecule has 94 valence electrons. The first-order valence-corrected chi connectivity index (χ1v) is 7.16. The highest BCUT2D eigenvalue weighted by Gasteiger charge is 2.18. The third kappa shape index (κ3) is 2.60. The normalized spacial score (nSPS) is 11.4. The van der Waals surface area contributed by atoms with E-state index in [1.807, 2.05) is 36.4 Å². The summed E-state index contributed by atoms with van der Waals surface area (Å²) in [5, 5.41) is 0. The van der Waals surface area contributed by atoms with Crippen LogP contribution in [0.15, 0.2) is 59.5 Å². The molecule has 2 aromatic rings. The van der Waals surface area contributed by atoms with Crippen LogP contribution >= 0.6 is 0 Å². The summed E-state index contributed by atoms with van der Waals surface area (Å²) in [5.41, 5.74) is 1.59. The Kier molecular flexibility index (Phi) is 3.79. The maximum Gasteiger partial charge on any atom is 0.202 e. The van der Waals surface area contributed by atoms with Gasteiger partial charge in [0.1, 0.15) is 0 Å². The van der Waals surface area contributed by atoms with Gasteiger partial charge in [-0.25, -0.2) is 8.42 Å². The Bertz CT molecular complexity index is 618. The van der Waals surface area contributed by atoms with E-state index in [2.05, 4.69) is 0 Å². The number of methoxy groups -OCH3 is 1. The molecule has 18 heavy (non-hydrogen) atoms. The number of rotatable bonds is 4. The van der Waals surface area contributed by atoms with Crippen molar-refractivity contribution in [2.75, 3.05) is 13.0 Å². The van der Waals surface area contributed by atoms with E-state index < -0.39 is 9.84 Å². The van der Waals surface area contributed by atoms with E-state index in [9.17, 15) is 8.42 Å². The van der Waals surface area contributed by atoms with Crippen LogP contribution in [0.5, 0.6) is 0 Å². The Hall–Kier alpha value is -1.65. The molecular weight excluding hydrogens is 248 g/mol. The van der Waals surface area contributed by atoms with Crippen molar-refractivity contribution >= 4 is 9.84 Å². The van der Waals surface area contributed by atoms with E-state index in [1.165, 1.54) is 7.11 Å². The second kappa shape index (κ2) is 5.33. The maximum absolute atomic E-state index is 12.1. The molecule has 0 N–H and O–H groups in total. The molecule has 0 aliphatic rings. The van der Waals surface area contributed by atoms with E-state index in [1.54, 1.807) is 18.2 Å². The SMILES string of the molecule is COCS(=O)(=O)c1ccccc1-c1ccccc1. The van der Waals surface area contributed by atoms with Gasteiger partial charge in [0.15, 0.2) is 5.94 Å². The van der Waals surface area contributed by atoms with Crippen molar-refractivity contribution < 1.29 is 13.2 Å². The lowest BCUT2D eigenvalue weighted by molar-refractivity contribution is 0.250. The van der Waals surface area contributed by atoms with Crippen molar-refractivity contribution in [1.82, 2.24) is 0 Å². The molecule has 3 nitrogen and oxygen atoms in total. The van der Waals surface area contributed by atoms with Crippen LogP contribution in [-0.4, -0.2) is 21.5 Å². The highest BCUT2D eigenvalue weighted by molar-refractivity contribution is 7.91. The average molecular weight is 262 g/mol. The third-order valence-corrected chi connectivity index (χ3v) is 4.15. The summed E-state index contributed by atoms with van der Waals surface area (Å²) >= 11 is 0. The Morgan fingerprint density at radius 1 is 0.944 bits per heavy atom. The van der Waals surface area contributed by atoms with Crippen LogP contribution in [0, 0.1) is 0 Å². The number of hydrogen-bond donors (Lipinski definition) is 0. The first-order chi connectivity index (χ1) is 8.65. The molecule has 0 bridgehead atoms. The monoisotopic (exact) mass is 262 g/mol. The van der Waals surface area contributed by atoms with E-state index in [0.717, 1.165) is 5.56 Å². The minimum atomic E-state index is -3.41. The summed E-state index contributed by atoms with van der Waals surface area (Å²) in [7, 11) is -2.03. The van der Waals surface area contributed by atoms with Gasteiger partial charge in [-0.05, 0) is 11.6 Å². The molecule has 0 unspecified atom stereocenters. The molecule has 0 aromatic heterocycles. The van der Waals surface area contributed by atoms with Gasteiger partial charge in [-0.15, -0.1) is 0 Å².